The number of benzene rings is 1. The maximum Gasteiger partial charge on any atom is 0.130 e. The highest BCUT2D eigenvalue weighted by Crippen LogP contribution is 1.90. The Balaban J connectivity index is 2.97. The maximum atomic E-state index is 10.8. The van der Waals surface area contributed by atoms with Gasteiger partial charge in [-0.05, 0) is 23.8 Å². The van der Waals surface area contributed by atoms with Crippen molar-refractivity contribution in [1.82, 2.24) is 0 Å². The summed E-state index contributed by atoms with van der Waals surface area (Å²) >= 11 is 0. The normalized spacial score (nSPS) is 12.9. The molecule has 0 amide bonds. The van der Waals surface area contributed by atoms with E-state index in [2.05, 4.69) is 18.7 Å². The zero-order chi connectivity index (χ0) is 11.1. The van der Waals surface area contributed by atoms with Gasteiger partial charge in [0.1, 0.15) is 5.78 Å². The first-order valence-electron chi connectivity index (χ1n) is 5.11. The summed E-state index contributed by atoms with van der Waals surface area (Å²) in [6, 6.07) is 8.09. The molecule has 78 valence electrons. The van der Waals surface area contributed by atoms with E-state index in [9.17, 15) is 4.79 Å². The predicted octanol–water partition coefficient (Wildman–Crippen LogP) is 1.80. The highest BCUT2D eigenvalue weighted by molar-refractivity contribution is 5.76. The van der Waals surface area contributed by atoms with Gasteiger partial charge in [-0.25, -0.2) is 0 Å². The number of hydrogen-bond acceptors (Lipinski definition) is 1. The summed E-state index contributed by atoms with van der Waals surface area (Å²) < 4.78 is 0. The molecule has 0 fully saturated rings. The summed E-state index contributed by atoms with van der Waals surface area (Å²) in [5.41, 5.74) is 0. The molecule has 0 radical (unpaired) electrons. The zero-order valence-corrected chi connectivity index (χ0v) is 9.07. The van der Waals surface area contributed by atoms with E-state index in [1.165, 1.54) is 5.22 Å². The first-order chi connectivity index (χ1) is 7.24. The molecule has 0 aliphatic heterocycles. The second kappa shape index (κ2) is 5.97. The molecule has 0 bridgehead atoms. The van der Waals surface area contributed by atoms with Crippen molar-refractivity contribution in [3.05, 3.63) is 47.4 Å². The van der Waals surface area contributed by atoms with Gasteiger partial charge in [-0.2, -0.15) is 0 Å². The average Bonchev–Trinajstić information content (AvgIpc) is 2.20. The van der Waals surface area contributed by atoms with Crippen molar-refractivity contribution < 1.29 is 4.79 Å². The van der Waals surface area contributed by atoms with Crippen LogP contribution in [0.1, 0.15) is 19.8 Å². The molecule has 1 heteroatoms. The lowest BCUT2D eigenvalue weighted by atomic mass is 10.1. The summed E-state index contributed by atoms with van der Waals surface area (Å²) in [5, 5.41) is 2.31. The summed E-state index contributed by atoms with van der Waals surface area (Å²) in [7, 11) is 0. The highest BCUT2D eigenvalue weighted by Gasteiger charge is 1.89. The van der Waals surface area contributed by atoms with Gasteiger partial charge in [-0.1, -0.05) is 49.1 Å². The molecular formula is C14H16O. The Hall–Kier alpha value is -1.63. The molecule has 0 N–H and O–H groups in total. The summed E-state index contributed by atoms with van der Waals surface area (Å²) in [6.07, 6.45) is 7.26. The maximum absolute atomic E-state index is 10.8. The Morgan fingerprint density at radius 2 is 2.00 bits per heavy atom. The number of ketones is 1. The standard InChI is InChI=1S/C14H16O/c1-3-7-13-9-4-5-10-14(13)11-6-8-12(2)15/h3-5,7,9-11H,1,6,8H2,2H3/b13-7-,14-11-. The lowest BCUT2D eigenvalue weighted by Gasteiger charge is -1.91. The van der Waals surface area contributed by atoms with E-state index < -0.39 is 0 Å². The molecule has 0 aliphatic rings. The van der Waals surface area contributed by atoms with Gasteiger partial charge in [0.2, 0.25) is 0 Å². The van der Waals surface area contributed by atoms with Crippen molar-refractivity contribution in [2.75, 3.05) is 0 Å². The number of carbonyl (C=O) groups excluding carboxylic acids is 1. The second-order valence-electron chi connectivity index (χ2n) is 3.48. The third-order valence-corrected chi connectivity index (χ3v) is 2.15. The smallest absolute Gasteiger partial charge is 0.130 e. The van der Waals surface area contributed by atoms with E-state index in [1.54, 1.807) is 13.0 Å². The van der Waals surface area contributed by atoms with E-state index in [-0.39, 0.29) is 5.78 Å². The number of rotatable bonds is 4. The number of allylic oxidation sites excluding steroid dienone is 1. The molecule has 0 atom stereocenters. The van der Waals surface area contributed by atoms with Crippen LogP contribution in [0.3, 0.4) is 0 Å². The van der Waals surface area contributed by atoms with Crippen molar-refractivity contribution in [2.24, 2.45) is 0 Å². The quantitative estimate of drug-likeness (QED) is 0.724. The van der Waals surface area contributed by atoms with Crippen LogP contribution >= 0.6 is 0 Å². The molecule has 1 rings (SSSR count). The van der Waals surface area contributed by atoms with Crippen LogP contribution in [0.4, 0.5) is 0 Å². The van der Waals surface area contributed by atoms with Crippen LogP contribution in [-0.2, 0) is 4.79 Å². The van der Waals surface area contributed by atoms with Crippen molar-refractivity contribution in [1.29, 1.82) is 0 Å². The van der Waals surface area contributed by atoms with Crippen LogP contribution in [0.25, 0.3) is 12.2 Å². The van der Waals surface area contributed by atoms with Crippen LogP contribution in [0, 0.1) is 0 Å². The molecule has 0 saturated heterocycles. The minimum absolute atomic E-state index is 0.233. The molecule has 1 aromatic carbocycles. The van der Waals surface area contributed by atoms with Gasteiger partial charge in [0, 0.05) is 6.42 Å². The topological polar surface area (TPSA) is 17.1 Å². The fraction of sp³-hybridized carbons (Fsp3) is 0.214. The predicted molar refractivity (Wildman–Crippen MR) is 64.7 cm³/mol. The minimum Gasteiger partial charge on any atom is -0.300 e. The van der Waals surface area contributed by atoms with Gasteiger partial charge in [-0.3, -0.25) is 0 Å². The van der Waals surface area contributed by atoms with E-state index in [0.717, 1.165) is 11.6 Å². The Morgan fingerprint density at radius 3 is 2.60 bits per heavy atom. The molecular weight excluding hydrogens is 184 g/mol. The molecule has 0 aromatic heterocycles. The number of carbonyl (C=O) groups is 1. The zero-order valence-electron chi connectivity index (χ0n) is 9.07. The fourth-order valence-corrected chi connectivity index (χ4v) is 1.41. The van der Waals surface area contributed by atoms with E-state index >= 15 is 0 Å². The van der Waals surface area contributed by atoms with Gasteiger partial charge in [-0.15, -0.1) is 0 Å². The summed E-state index contributed by atoms with van der Waals surface area (Å²) in [5.74, 6) is 0.233. The first kappa shape index (κ1) is 11.4. The largest absolute Gasteiger partial charge is 0.300 e. The van der Waals surface area contributed by atoms with Gasteiger partial charge >= 0.3 is 0 Å². The Labute approximate surface area is 90.4 Å². The molecule has 0 saturated carbocycles. The van der Waals surface area contributed by atoms with Crippen LogP contribution in [0.5, 0.6) is 0 Å². The van der Waals surface area contributed by atoms with Gasteiger partial charge < -0.3 is 4.79 Å². The molecule has 0 spiro atoms. The Kier molecular flexibility index (Phi) is 4.55. The lowest BCUT2D eigenvalue weighted by molar-refractivity contribution is -0.116. The minimum atomic E-state index is 0.233. The van der Waals surface area contributed by atoms with Gasteiger partial charge in [0.15, 0.2) is 0 Å². The molecule has 0 aliphatic carbocycles. The van der Waals surface area contributed by atoms with E-state index in [1.807, 2.05) is 24.3 Å². The van der Waals surface area contributed by atoms with Crippen LogP contribution in [0.15, 0.2) is 36.9 Å². The molecule has 15 heavy (non-hydrogen) atoms. The van der Waals surface area contributed by atoms with E-state index in [4.69, 9.17) is 0 Å². The van der Waals surface area contributed by atoms with Crippen LogP contribution in [0.2, 0.25) is 0 Å². The Bertz CT molecular complexity index is 454. The second-order valence-corrected chi connectivity index (χ2v) is 3.48. The molecule has 1 aromatic rings. The third-order valence-electron chi connectivity index (χ3n) is 2.15. The number of Topliss-reactive ketones (excluding diaryl/α,β-unsaturated/α-hetero) is 1. The molecule has 0 heterocycles. The summed E-state index contributed by atoms with van der Waals surface area (Å²) in [6.45, 7) is 5.30. The third kappa shape index (κ3) is 3.94. The van der Waals surface area contributed by atoms with Gasteiger partial charge in [0.25, 0.3) is 0 Å². The monoisotopic (exact) mass is 200 g/mol. The van der Waals surface area contributed by atoms with Crippen molar-refractivity contribution in [3.8, 4) is 0 Å². The Morgan fingerprint density at radius 1 is 1.33 bits per heavy atom. The van der Waals surface area contributed by atoms with Crippen molar-refractivity contribution in [3.63, 3.8) is 0 Å². The molecule has 0 unspecified atom stereocenters. The fourth-order valence-electron chi connectivity index (χ4n) is 1.41. The van der Waals surface area contributed by atoms with Crippen LogP contribution in [-0.4, -0.2) is 5.78 Å². The van der Waals surface area contributed by atoms with Crippen molar-refractivity contribution in [2.45, 2.75) is 19.8 Å². The average molecular weight is 200 g/mol. The summed E-state index contributed by atoms with van der Waals surface area (Å²) in [4.78, 5) is 10.8. The molecule has 1 nitrogen and oxygen atoms in total. The highest BCUT2D eigenvalue weighted by atomic mass is 16.1. The van der Waals surface area contributed by atoms with Gasteiger partial charge in [0.05, 0.1) is 0 Å². The number of hydrogen-bond donors (Lipinski definition) is 0. The SMILES string of the molecule is C=C/C=c1/cccc/c1=C/CCC(C)=O. The van der Waals surface area contributed by atoms with Crippen LogP contribution < -0.4 is 10.4 Å². The lowest BCUT2D eigenvalue weighted by Crippen LogP contribution is -2.23. The van der Waals surface area contributed by atoms with Crippen molar-refractivity contribution >= 4 is 17.9 Å². The first-order valence-corrected chi connectivity index (χ1v) is 5.11. The van der Waals surface area contributed by atoms with E-state index in [0.29, 0.717) is 6.42 Å².